The zero-order valence-electron chi connectivity index (χ0n) is 18.3. The average molecular weight is 452 g/mol. The van der Waals surface area contributed by atoms with Crippen molar-refractivity contribution in [3.8, 4) is 0 Å². The van der Waals surface area contributed by atoms with E-state index >= 15 is 0 Å². The van der Waals surface area contributed by atoms with Gasteiger partial charge in [-0.1, -0.05) is 30.3 Å². The molecule has 0 spiro atoms. The fourth-order valence-corrected chi connectivity index (χ4v) is 2.58. The minimum absolute atomic E-state index is 0.0680. The first-order chi connectivity index (χ1) is 15.3. The highest BCUT2D eigenvalue weighted by Crippen LogP contribution is 2.06. The zero-order chi connectivity index (χ0) is 23.9. The van der Waals surface area contributed by atoms with Crippen molar-refractivity contribution in [2.75, 3.05) is 21.3 Å². The molecular weight excluding hydrogens is 424 g/mol. The highest BCUT2D eigenvalue weighted by Gasteiger charge is 2.27. The van der Waals surface area contributed by atoms with Gasteiger partial charge in [0.05, 0.1) is 21.3 Å². The monoisotopic (exact) mass is 452 g/mol. The lowest BCUT2D eigenvalue weighted by molar-refractivity contribution is -0.147. The third-order valence-corrected chi connectivity index (χ3v) is 4.33. The number of ether oxygens (including phenoxy) is 4. The molecule has 1 aromatic carbocycles. The third kappa shape index (κ3) is 9.92. The molecule has 11 heteroatoms. The normalized spacial score (nSPS) is 12.0. The van der Waals surface area contributed by atoms with Crippen LogP contribution in [-0.2, 0) is 44.7 Å². The number of hydrogen-bond donors (Lipinski definition) is 2. The van der Waals surface area contributed by atoms with Crippen LogP contribution in [0.15, 0.2) is 30.3 Å². The number of urea groups is 1. The van der Waals surface area contributed by atoms with Crippen LogP contribution in [0, 0.1) is 0 Å². The van der Waals surface area contributed by atoms with Gasteiger partial charge in [-0.15, -0.1) is 0 Å². The van der Waals surface area contributed by atoms with Crippen LogP contribution in [0.5, 0.6) is 0 Å². The second-order valence-corrected chi connectivity index (χ2v) is 6.57. The maximum absolute atomic E-state index is 12.3. The minimum Gasteiger partial charge on any atom is -0.469 e. The van der Waals surface area contributed by atoms with E-state index in [1.807, 2.05) is 18.2 Å². The second-order valence-electron chi connectivity index (χ2n) is 6.57. The molecule has 2 unspecified atom stereocenters. The Morgan fingerprint density at radius 3 is 1.72 bits per heavy atom. The van der Waals surface area contributed by atoms with Crippen LogP contribution in [0.4, 0.5) is 4.79 Å². The van der Waals surface area contributed by atoms with Crippen molar-refractivity contribution in [1.82, 2.24) is 10.6 Å². The number of carbonyl (C=O) groups excluding carboxylic acids is 5. The quantitative estimate of drug-likeness (QED) is 0.348. The van der Waals surface area contributed by atoms with E-state index in [9.17, 15) is 24.0 Å². The van der Waals surface area contributed by atoms with Gasteiger partial charge in [-0.2, -0.15) is 0 Å². The number of amides is 2. The van der Waals surface area contributed by atoms with Gasteiger partial charge in [-0.3, -0.25) is 9.59 Å². The van der Waals surface area contributed by atoms with Crippen molar-refractivity contribution in [3.63, 3.8) is 0 Å². The molecule has 2 atom stereocenters. The van der Waals surface area contributed by atoms with Gasteiger partial charge in [0.25, 0.3) is 0 Å². The van der Waals surface area contributed by atoms with E-state index in [-0.39, 0.29) is 32.3 Å². The van der Waals surface area contributed by atoms with E-state index in [4.69, 9.17) is 4.74 Å². The van der Waals surface area contributed by atoms with E-state index in [0.29, 0.717) is 0 Å². The first-order valence-corrected chi connectivity index (χ1v) is 9.79. The number of esters is 4. The zero-order valence-corrected chi connectivity index (χ0v) is 18.3. The number of benzene rings is 1. The lowest BCUT2D eigenvalue weighted by Crippen LogP contribution is -2.51. The van der Waals surface area contributed by atoms with E-state index in [1.54, 1.807) is 12.1 Å². The number of rotatable bonds is 12. The Morgan fingerprint density at radius 1 is 0.750 bits per heavy atom. The Hall–Kier alpha value is -3.63. The van der Waals surface area contributed by atoms with Crippen molar-refractivity contribution >= 4 is 29.9 Å². The topological polar surface area (TPSA) is 146 Å². The van der Waals surface area contributed by atoms with Gasteiger partial charge in [0, 0.05) is 12.8 Å². The van der Waals surface area contributed by atoms with Crippen LogP contribution in [0.2, 0.25) is 0 Å². The molecule has 2 N–H and O–H groups in total. The Labute approximate surface area is 185 Å². The van der Waals surface area contributed by atoms with Gasteiger partial charge in [0.1, 0.15) is 18.7 Å². The Kier molecular flexibility index (Phi) is 11.9. The van der Waals surface area contributed by atoms with Crippen LogP contribution in [0.1, 0.15) is 31.2 Å². The summed E-state index contributed by atoms with van der Waals surface area (Å²) in [6.07, 6.45) is -0.444. The number of carbonyl (C=O) groups is 5. The van der Waals surface area contributed by atoms with E-state index < -0.39 is 42.0 Å². The average Bonchev–Trinajstić information content (AvgIpc) is 2.82. The van der Waals surface area contributed by atoms with Gasteiger partial charge < -0.3 is 29.6 Å². The summed E-state index contributed by atoms with van der Waals surface area (Å²) in [5, 5.41) is 4.69. The van der Waals surface area contributed by atoms with E-state index in [2.05, 4.69) is 24.8 Å². The molecule has 0 aliphatic carbocycles. The Balaban J connectivity index is 2.61. The van der Waals surface area contributed by atoms with Gasteiger partial charge in [-0.25, -0.2) is 14.4 Å². The predicted octanol–water partition coefficient (Wildman–Crippen LogP) is 0.846. The first-order valence-electron chi connectivity index (χ1n) is 9.79. The molecule has 0 heterocycles. The third-order valence-electron chi connectivity index (χ3n) is 4.33. The lowest BCUT2D eigenvalue weighted by atomic mass is 10.1. The molecule has 32 heavy (non-hydrogen) atoms. The fraction of sp³-hybridized carbons (Fsp3) is 0.476. The van der Waals surface area contributed by atoms with E-state index in [0.717, 1.165) is 19.8 Å². The molecular formula is C21H28N2O9. The first kappa shape index (κ1) is 26.4. The smallest absolute Gasteiger partial charge is 0.328 e. The van der Waals surface area contributed by atoms with Crippen LogP contribution < -0.4 is 10.6 Å². The molecule has 1 rings (SSSR count). The van der Waals surface area contributed by atoms with Gasteiger partial charge in [0.2, 0.25) is 0 Å². The van der Waals surface area contributed by atoms with Gasteiger partial charge in [0.15, 0.2) is 0 Å². The molecule has 0 aliphatic heterocycles. The number of methoxy groups -OCH3 is 3. The van der Waals surface area contributed by atoms with Crippen molar-refractivity contribution in [2.24, 2.45) is 0 Å². The summed E-state index contributed by atoms with van der Waals surface area (Å²) >= 11 is 0. The molecule has 1 aromatic rings. The highest BCUT2D eigenvalue weighted by atomic mass is 16.5. The molecule has 0 saturated carbocycles. The summed E-state index contributed by atoms with van der Waals surface area (Å²) < 4.78 is 18.9. The molecule has 11 nitrogen and oxygen atoms in total. The predicted molar refractivity (Wildman–Crippen MR) is 110 cm³/mol. The van der Waals surface area contributed by atoms with E-state index in [1.165, 1.54) is 7.11 Å². The molecule has 0 fully saturated rings. The summed E-state index contributed by atoms with van der Waals surface area (Å²) in [6.45, 7) is 0.0808. The summed E-state index contributed by atoms with van der Waals surface area (Å²) in [5.74, 6) is -2.68. The molecule has 0 bridgehead atoms. The highest BCUT2D eigenvalue weighted by molar-refractivity contribution is 5.87. The second kappa shape index (κ2) is 14.4. The summed E-state index contributed by atoms with van der Waals surface area (Å²) in [5.41, 5.74) is 0.809. The molecule has 2 amide bonds. The van der Waals surface area contributed by atoms with Crippen molar-refractivity contribution in [1.29, 1.82) is 0 Å². The van der Waals surface area contributed by atoms with Crippen LogP contribution in [-0.4, -0.2) is 63.3 Å². The molecule has 0 aliphatic rings. The maximum Gasteiger partial charge on any atom is 0.328 e. The molecule has 0 saturated heterocycles. The van der Waals surface area contributed by atoms with Crippen LogP contribution >= 0.6 is 0 Å². The summed E-state index contributed by atoms with van der Waals surface area (Å²) in [6, 6.07) is 5.87. The number of nitrogens with one attached hydrogen (secondary N) is 2. The standard InChI is InChI=1S/C21H28N2O9/c1-29-17(24)11-9-15(19(26)30-2)22-21(28)23-16(20(27)31-3)10-12-18(25)32-13-14-7-5-4-6-8-14/h4-8,15-16H,9-13H2,1-3H3,(H2,22,23,28). The fourth-order valence-electron chi connectivity index (χ4n) is 2.58. The van der Waals surface area contributed by atoms with Crippen molar-refractivity contribution in [3.05, 3.63) is 35.9 Å². The van der Waals surface area contributed by atoms with Crippen molar-refractivity contribution < 1.29 is 42.9 Å². The summed E-state index contributed by atoms with van der Waals surface area (Å²) in [7, 11) is 3.46. The maximum atomic E-state index is 12.3. The van der Waals surface area contributed by atoms with Gasteiger partial charge in [-0.05, 0) is 18.4 Å². The van der Waals surface area contributed by atoms with Crippen LogP contribution in [0.25, 0.3) is 0 Å². The van der Waals surface area contributed by atoms with Gasteiger partial charge >= 0.3 is 29.9 Å². The summed E-state index contributed by atoms with van der Waals surface area (Å²) in [4.78, 5) is 59.5. The largest absolute Gasteiger partial charge is 0.469 e. The lowest BCUT2D eigenvalue weighted by Gasteiger charge is -2.20. The SMILES string of the molecule is COC(=O)CCC(NC(=O)NC(CCC(=O)OCc1ccccc1)C(=O)OC)C(=O)OC. The van der Waals surface area contributed by atoms with Crippen molar-refractivity contribution in [2.45, 2.75) is 44.4 Å². The molecule has 176 valence electrons. The molecule has 0 radical (unpaired) electrons. The Bertz CT molecular complexity index is 783. The number of hydrogen-bond acceptors (Lipinski definition) is 9. The Morgan fingerprint density at radius 2 is 1.25 bits per heavy atom. The minimum atomic E-state index is -1.16. The molecule has 0 aromatic heterocycles. The van der Waals surface area contributed by atoms with Crippen LogP contribution in [0.3, 0.4) is 0 Å².